The summed E-state index contributed by atoms with van der Waals surface area (Å²) in [7, 11) is 0. The number of benzene rings is 3. The molecule has 7 heteroatoms. The molecule has 158 valence electrons. The molecule has 1 unspecified atom stereocenters. The van der Waals surface area contributed by atoms with Crippen molar-refractivity contribution < 1.29 is 28.2 Å². The number of carbonyl (C=O) groups excluding carboxylic acids is 1. The average molecular weight is 423 g/mol. The number of aliphatic carboxylic acids is 1. The first-order valence-electron chi connectivity index (χ1n) is 9.72. The molecule has 0 radical (unpaired) electrons. The van der Waals surface area contributed by atoms with E-state index in [1.54, 1.807) is 0 Å². The van der Waals surface area contributed by atoms with E-state index in [-0.39, 0.29) is 24.5 Å². The Labute approximate surface area is 177 Å². The number of hydrogen-bond donors (Lipinski definition) is 2. The highest BCUT2D eigenvalue weighted by atomic mass is 19.2. The van der Waals surface area contributed by atoms with Crippen LogP contribution in [0.15, 0.2) is 66.7 Å². The maximum absolute atomic E-state index is 13.4. The molecule has 1 aliphatic carbocycles. The zero-order valence-corrected chi connectivity index (χ0v) is 16.3. The Morgan fingerprint density at radius 1 is 0.935 bits per heavy atom. The van der Waals surface area contributed by atoms with Crippen molar-refractivity contribution in [2.45, 2.75) is 18.4 Å². The molecule has 0 heterocycles. The van der Waals surface area contributed by atoms with Crippen molar-refractivity contribution in [3.63, 3.8) is 0 Å². The lowest BCUT2D eigenvalue weighted by molar-refractivity contribution is -0.139. The summed E-state index contributed by atoms with van der Waals surface area (Å²) in [5, 5.41) is 11.7. The third-order valence-electron chi connectivity index (χ3n) is 5.36. The van der Waals surface area contributed by atoms with Crippen molar-refractivity contribution >= 4 is 12.1 Å². The van der Waals surface area contributed by atoms with Crippen LogP contribution in [0, 0.1) is 11.6 Å². The Bertz CT molecular complexity index is 1100. The van der Waals surface area contributed by atoms with Crippen LogP contribution in [0.1, 0.15) is 22.6 Å². The van der Waals surface area contributed by atoms with Crippen LogP contribution in [0.25, 0.3) is 11.1 Å². The first-order valence-corrected chi connectivity index (χ1v) is 9.72. The largest absolute Gasteiger partial charge is 0.480 e. The fourth-order valence-electron chi connectivity index (χ4n) is 3.88. The highest BCUT2D eigenvalue weighted by Gasteiger charge is 2.29. The Morgan fingerprint density at radius 2 is 1.55 bits per heavy atom. The molecule has 3 aromatic carbocycles. The van der Waals surface area contributed by atoms with Crippen LogP contribution in [0.4, 0.5) is 13.6 Å². The summed E-state index contributed by atoms with van der Waals surface area (Å²) in [6.07, 6.45) is -1.10. The lowest BCUT2D eigenvalue weighted by Crippen LogP contribution is -2.42. The monoisotopic (exact) mass is 423 g/mol. The molecule has 31 heavy (non-hydrogen) atoms. The number of rotatable bonds is 6. The van der Waals surface area contributed by atoms with E-state index >= 15 is 0 Å². The van der Waals surface area contributed by atoms with Gasteiger partial charge in [-0.1, -0.05) is 54.6 Å². The number of nitrogens with one attached hydrogen (secondary N) is 1. The van der Waals surface area contributed by atoms with Gasteiger partial charge in [0.2, 0.25) is 0 Å². The third-order valence-corrected chi connectivity index (χ3v) is 5.36. The number of carboxylic acid groups (broad SMARTS) is 1. The number of ether oxygens (including phenoxy) is 1. The summed E-state index contributed by atoms with van der Waals surface area (Å²) in [5.41, 5.74) is 4.47. The summed E-state index contributed by atoms with van der Waals surface area (Å²) in [6, 6.07) is 17.4. The molecular weight excluding hydrogens is 404 g/mol. The molecular formula is C24H19F2NO4. The van der Waals surface area contributed by atoms with E-state index in [4.69, 9.17) is 4.74 Å². The fourth-order valence-corrected chi connectivity index (χ4v) is 3.88. The van der Waals surface area contributed by atoms with Crippen molar-refractivity contribution in [3.05, 3.63) is 95.1 Å². The van der Waals surface area contributed by atoms with Gasteiger partial charge >= 0.3 is 12.1 Å². The van der Waals surface area contributed by atoms with E-state index in [1.807, 2.05) is 48.5 Å². The molecule has 1 atom stereocenters. The van der Waals surface area contributed by atoms with Crippen LogP contribution in [0.3, 0.4) is 0 Å². The molecule has 0 saturated heterocycles. The van der Waals surface area contributed by atoms with Gasteiger partial charge in [0.25, 0.3) is 0 Å². The minimum Gasteiger partial charge on any atom is -0.480 e. The summed E-state index contributed by atoms with van der Waals surface area (Å²) in [5.74, 6) is -3.58. The van der Waals surface area contributed by atoms with E-state index < -0.39 is 29.7 Å². The van der Waals surface area contributed by atoms with Gasteiger partial charge in [-0.3, -0.25) is 0 Å². The van der Waals surface area contributed by atoms with E-state index in [0.717, 1.165) is 34.4 Å². The Morgan fingerprint density at radius 3 is 2.13 bits per heavy atom. The molecule has 2 N–H and O–H groups in total. The van der Waals surface area contributed by atoms with E-state index in [0.29, 0.717) is 0 Å². The number of carboxylic acids is 1. The van der Waals surface area contributed by atoms with Gasteiger partial charge in [-0.2, -0.15) is 0 Å². The summed E-state index contributed by atoms with van der Waals surface area (Å²) < 4.78 is 31.8. The van der Waals surface area contributed by atoms with Gasteiger partial charge in [0, 0.05) is 12.3 Å². The standard InChI is InChI=1S/C24H19F2NO4/c25-20-10-9-14(11-21(20)26)12-22(23(28)29)27-24(30)31-13-19-17-7-3-1-5-15(17)16-6-2-4-8-18(16)19/h1-11,19,22H,12-13H2,(H,27,30)(H,28,29). The second-order valence-corrected chi connectivity index (χ2v) is 7.31. The maximum Gasteiger partial charge on any atom is 0.407 e. The van der Waals surface area contributed by atoms with Crippen molar-refractivity contribution in [2.75, 3.05) is 6.61 Å². The summed E-state index contributed by atoms with van der Waals surface area (Å²) in [6.45, 7) is 0.0391. The zero-order chi connectivity index (χ0) is 22.0. The molecule has 0 fully saturated rings. The first kappa shape index (κ1) is 20.5. The lowest BCUT2D eigenvalue weighted by atomic mass is 9.98. The van der Waals surface area contributed by atoms with Gasteiger partial charge < -0.3 is 15.2 Å². The van der Waals surface area contributed by atoms with Gasteiger partial charge in [-0.15, -0.1) is 0 Å². The Kier molecular flexibility index (Phi) is 5.66. The van der Waals surface area contributed by atoms with Crippen LogP contribution in [-0.2, 0) is 16.0 Å². The number of halogens is 2. The van der Waals surface area contributed by atoms with Crippen LogP contribution in [0.5, 0.6) is 0 Å². The molecule has 1 aliphatic rings. The highest BCUT2D eigenvalue weighted by molar-refractivity contribution is 5.81. The van der Waals surface area contributed by atoms with Crippen molar-refractivity contribution in [3.8, 4) is 11.1 Å². The first-order chi connectivity index (χ1) is 14.9. The Balaban J connectivity index is 1.43. The predicted octanol–water partition coefficient (Wildman–Crippen LogP) is 4.50. The molecule has 0 aliphatic heterocycles. The van der Waals surface area contributed by atoms with Crippen molar-refractivity contribution in [1.29, 1.82) is 0 Å². The molecule has 0 spiro atoms. The van der Waals surface area contributed by atoms with E-state index in [2.05, 4.69) is 5.32 Å². The number of fused-ring (bicyclic) bond motifs is 3. The normalized spacial score (nSPS) is 13.2. The molecule has 0 bridgehead atoms. The number of hydrogen-bond acceptors (Lipinski definition) is 3. The second kappa shape index (κ2) is 8.55. The Hall–Kier alpha value is -3.74. The molecule has 5 nitrogen and oxygen atoms in total. The van der Waals surface area contributed by atoms with Gasteiger partial charge in [-0.25, -0.2) is 18.4 Å². The SMILES string of the molecule is O=C(NC(Cc1ccc(F)c(F)c1)C(=O)O)OCC1c2ccccc2-c2ccccc21. The van der Waals surface area contributed by atoms with Crippen LogP contribution < -0.4 is 5.32 Å². The smallest absolute Gasteiger partial charge is 0.407 e. The number of amides is 1. The fraction of sp³-hybridized carbons (Fsp3) is 0.167. The van der Waals surface area contributed by atoms with Gasteiger partial charge in [0.05, 0.1) is 0 Å². The van der Waals surface area contributed by atoms with Crippen LogP contribution in [-0.4, -0.2) is 29.8 Å². The van der Waals surface area contributed by atoms with Crippen molar-refractivity contribution in [2.24, 2.45) is 0 Å². The van der Waals surface area contributed by atoms with Gasteiger partial charge in [-0.05, 0) is 39.9 Å². The molecule has 3 aromatic rings. The highest BCUT2D eigenvalue weighted by Crippen LogP contribution is 2.44. The van der Waals surface area contributed by atoms with E-state index in [1.165, 1.54) is 6.07 Å². The topological polar surface area (TPSA) is 75.6 Å². The molecule has 4 rings (SSSR count). The van der Waals surface area contributed by atoms with Gasteiger partial charge in [0.15, 0.2) is 11.6 Å². The maximum atomic E-state index is 13.4. The predicted molar refractivity (Wildman–Crippen MR) is 110 cm³/mol. The minimum atomic E-state index is -1.35. The number of alkyl carbamates (subject to hydrolysis) is 1. The minimum absolute atomic E-state index is 0.0391. The second-order valence-electron chi connectivity index (χ2n) is 7.31. The molecule has 0 saturated carbocycles. The average Bonchev–Trinajstić information content (AvgIpc) is 3.08. The van der Waals surface area contributed by atoms with Crippen LogP contribution >= 0.6 is 0 Å². The van der Waals surface area contributed by atoms with Gasteiger partial charge in [0.1, 0.15) is 12.6 Å². The number of carbonyl (C=O) groups is 2. The molecule has 0 aromatic heterocycles. The molecule has 1 amide bonds. The summed E-state index contributed by atoms with van der Waals surface area (Å²) in [4.78, 5) is 23.9. The third kappa shape index (κ3) is 4.26. The van der Waals surface area contributed by atoms with E-state index in [9.17, 15) is 23.5 Å². The zero-order valence-electron chi connectivity index (χ0n) is 16.3. The quantitative estimate of drug-likeness (QED) is 0.612. The lowest BCUT2D eigenvalue weighted by Gasteiger charge is -2.17. The summed E-state index contributed by atoms with van der Waals surface area (Å²) >= 11 is 0. The van der Waals surface area contributed by atoms with Crippen molar-refractivity contribution in [1.82, 2.24) is 5.32 Å². The van der Waals surface area contributed by atoms with Crippen LogP contribution in [0.2, 0.25) is 0 Å².